The lowest BCUT2D eigenvalue weighted by Crippen LogP contribution is -2.46. The monoisotopic (exact) mass is 406 g/mol. The number of nitrogens with zero attached hydrogens (tertiary/aromatic N) is 2. The van der Waals surface area contributed by atoms with Crippen LogP contribution in [0.3, 0.4) is 0 Å². The highest BCUT2D eigenvalue weighted by Gasteiger charge is 2.30. The summed E-state index contributed by atoms with van der Waals surface area (Å²) in [5.41, 5.74) is 4.18. The van der Waals surface area contributed by atoms with Crippen LogP contribution in [0.25, 0.3) is 0 Å². The maximum absolute atomic E-state index is 6.45. The van der Waals surface area contributed by atoms with E-state index in [2.05, 4.69) is 59.3 Å². The van der Waals surface area contributed by atoms with Crippen molar-refractivity contribution in [3.05, 3.63) is 59.2 Å². The highest BCUT2D eigenvalue weighted by atomic mass is 16.5. The van der Waals surface area contributed by atoms with E-state index in [1.54, 1.807) is 7.11 Å². The van der Waals surface area contributed by atoms with Crippen LogP contribution in [0, 0.1) is 0 Å². The van der Waals surface area contributed by atoms with E-state index in [9.17, 15) is 0 Å². The lowest BCUT2D eigenvalue weighted by molar-refractivity contribution is 0.0492. The first-order valence-corrected chi connectivity index (χ1v) is 11.6. The number of piperidine rings is 1. The van der Waals surface area contributed by atoms with Crippen molar-refractivity contribution in [3.8, 4) is 11.5 Å². The molecule has 5 rings (SSSR count). The Morgan fingerprint density at radius 3 is 2.30 bits per heavy atom. The van der Waals surface area contributed by atoms with E-state index in [1.165, 1.54) is 49.0 Å². The predicted octanol–water partition coefficient (Wildman–Crippen LogP) is 4.67. The molecule has 0 spiro atoms. The van der Waals surface area contributed by atoms with Gasteiger partial charge in [0.1, 0.15) is 17.6 Å². The molecular formula is C26H34N2O2. The molecule has 1 saturated carbocycles. The van der Waals surface area contributed by atoms with Gasteiger partial charge in [0.15, 0.2) is 0 Å². The summed E-state index contributed by atoms with van der Waals surface area (Å²) in [7, 11) is 3.93. The minimum Gasteiger partial charge on any atom is -0.497 e. The lowest BCUT2D eigenvalue weighted by Gasteiger charge is -2.41. The van der Waals surface area contributed by atoms with E-state index in [4.69, 9.17) is 9.47 Å². The van der Waals surface area contributed by atoms with Gasteiger partial charge in [0.2, 0.25) is 0 Å². The summed E-state index contributed by atoms with van der Waals surface area (Å²) < 4.78 is 11.8. The number of likely N-dealkylation sites (N-methyl/N-ethyl adjacent to an activating group) is 1. The molecule has 0 N–H and O–H groups in total. The van der Waals surface area contributed by atoms with Gasteiger partial charge in [-0.3, -0.25) is 0 Å². The zero-order valence-corrected chi connectivity index (χ0v) is 18.3. The number of hydrogen-bond acceptors (Lipinski definition) is 4. The average molecular weight is 407 g/mol. The van der Waals surface area contributed by atoms with Crippen LogP contribution in [0.4, 0.5) is 0 Å². The van der Waals surface area contributed by atoms with Crippen LogP contribution in [-0.2, 0) is 6.54 Å². The van der Waals surface area contributed by atoms with Crippen LogP contribution in [0.1, 0.15) is 54.7 Å². The van der Waals surface area contributed by atoms with E-state index < -0.39 is 0 Å². The molecule has 2 aliphatic heterocycles. The van der Waals surface area contributed by atoms with Gasteiger partial charge in [-0.15, -0.1) is 0 Å². The summed E-state index contributed by atoms with van der Waals surface area (Å²) in [4.78, 5) is 5.10. The van der Waals surface area contributed by atoms with Gasteiger partial charge in [0, 0.05) is 38.1 Å². The third-order valence-corrected chi connectivity index (χ3v) is 7.31. The summed E-state index contributed by atoms with van der Waals surface area (Å²) in [5.74, 6) is 2.35. The number of hydrogen-bond donors (Lipinski definition) is 0. The fraction of sp³-hybridized carbons (Fsp3) is 0.538. The average Bonchev–Trinajstić information content (AvgIpc) is 2.73. The Bertz CT molecular complexity index is 854. The molecule has 30 heavy (non-hydrogen) atoms. The van der Waals surface area contributed by atoms with Crippen molar-refractivity contribution in [2.45, 2.75) is 56.7 Å². The molecule has 1 atom stereocenters. The summed E-state index contributed by atoms with van der Waals surface area (Å²) in [6.45, 7) is 4.42. The first kappa shape index (κ1) is 19.9. The molecule has 160 valence electrons. The SMILES string of the molecule is COc1ccc(C2CN(C)Cc3cc(OC4CCN(C5CCC5)CC4)ccc32)cc1. The molecule has 1 saturated heterocycles. The fourth-order valence-corrected chi connectivity index (χ4v) is 5.32. The van der Waals surface area contributed by atoms with E-state index in [0.717, 1.165) is 43.5 Å². The Hall–Kier alpha value is -2.04. The van der Waals surface area contributed by atoms with Gasteiger partial charge in [-0.1, -0.05) is 24.6 Å². The summed E-state index contributed by atoms with van der Waals surface area (Å²) in [6.07, 6.45) is 6.89. The van der Waals surface area contributed by atoms with E-state index in [-0.39, 0.29) is 0 Å². The van der Waals surface area contributed by atoms with Crippen LogP contribution < -0.4 is 9.47 Å². The third kappa shape index (κ3) is 4.08. The molecule has 0 radical (unpaired) electrons. The van der Waals surface area contributed by atoms with Crippen LogP contribution in [0.5, 0.6) is 11.5 Å². The second-order valence-electron chi connectivity index (χ2n) is 9.32. The Balaban J connectivity index is 1.28. The Morgan fingerprint density at radius 2 is 1.63 bits per heavy atom. The molecule has 0 amide bonds. The van der Waals surface area contributed by atoms with Gasteiger partial charge < -0.3 is 19.3 Å². The van der Waals surface area contributed by atoms with Crippen molar-refractivity contribution in [3.63, 3.8) is 0 Å². The molecule has 0 aromatic heterocycles. The molecule has 2 aromatic carbocycles. The second-order valence-corrected chi connectivity index (χ2v) is 9.32. The summed E-state index contributed by atoms with van der Waals surface area (Å²) in [5, 5.41) is 0. The topological polar surface area (TPSA) is 24.9 Å². The smallest absolute Gasteiger partial charge is 0.120 e. The molecule has 2 fully saturated rings. The van der Waals surface area contributed by atoms with Crippen molar-refractivity contribution in [2.75, 3.05) is 33.8 Å². The minimum atomic E-state index is 0.359. The zero-order valence-electron chi connectivity index (χ0n) is 18.3. The molecule has 2 heterocycles. The standard InChI is InChI=1S/C26H34N2O2/c1-27-17-20-16-24(30-23-12-14-28(15-13-23)21-4-3-5-21)10-11-25(20)26(18-27)19-6-8-22(29-2)9-7-19/h6-11,16,21,23,26H,3-5,12-15,17-18H2,1-2H3. The molecule has 2 aromatic rings. The van der Waals surface area contributed by atoms with Crippen LogP contribution in [-0.4, -0.2) is 55.7 Å². The Morgan fingerprint density at radius 1 is 0.900 bits per heavy atom. The molecular weight excluding hydrogens is 372 g/mol. The van der Waals surface area contributed by atoms with Gasteiger partial charge in [-0.2, -0.15) is 0 Å². The van der Waals surface area contributed by atoms with Gasteiger partial charge in [0.25, 0.3) is 0 Å². The maximum Gasteiger partial charge on any atom is 0.120 e. The normalized spacial score (nSPS) is 23.6. The molecule has 1 unspecified atom stereocenters. The van der Waals surface area contributed by atoms with Crippen molar-refractivity contribution < 1.29 is 9.47 Å². The van der Waals surface area contributed by atoms with Gasteiger partial charge in [-0.25, -0.2) is 0 Å². The summed E-state index contributed by atoms with van der Waals surface area (Å²) >= 11 is 0. The number of ether oxygens (including phenoxy) is 2. The second kappa shape index (κ2) is 8.60. The number of benzene rings is 2. The van der Waals surface area contributed by atoms with Gasteiger partial charge >= 0.3 is 0 Å². The largest absolute Gasteiger partial charge is 0.497 e. The Kier molecular flexibility index (Phi) is 5.70. The van der Waals surface area contributed by atoms with Crippen LogP contribution in [0.2, 0.25) is 0 Å². The van der Waals surface area contributed by atoms with E-state index >= 15 is 0 Å². The molecule has 3 aliphatic rings. The number of rotatable bonds is 5. The fourth-order valence-electron chi connectivity index (χ4n) is 5.32. The van der Waals surface area contributed by atoms with Crippen molar-refractivity contribution in [1.29, 1.82) is 0 Å². The van der Waals surface area contributed by atoms with Crippen molar-refractivity contribution in [1.82, 2.24) is 9.80 Å². The number of likely N-dealkylation sites (tertiary alicyclic amines) is 1. The Labute approximate surface area is 180 Å². The predicted molar refractivity (Wildman–Crippen MR) is 120 cm³/mol. The third-order valence-electron chi connectivity index (χ3n) is 7.31. The highest BCUT2D eigenvalue weighted by Crippen LogP contribution is 2.36. The molecule has 4 nitrogen and oxygen atoms in total. The van der Waals surface area contributed by atoms with Crippen LogP contribution in [0.15, 0.2) is 42.5 Å². The highest BCUT2D eigenvalue weighted by molar-refractivity contribution is 5.45. The quantitative estimate of drug-likeness (QED) is 0.721. The van der Waals surface area contributed by atoms with Crippen LogP contribution >= 0.6 is 0 Å². The van der Waals surface area contributed by atoms with Crippen molar-refractivity contribution in [2.24, 2.45) is 0 Å². The van der Waals surface area contributed by atoms with E-state index in [1.807, 2.05) is 0 Å². The minimum absolute atomic E-state index is 0.359. The van der Waals surface area contributed by atoms with E-state index in [0.29, 0.717) is 12.0 Å². The van der Waals surface area contributed by atoms with Crippen molar-refractivity contribution >= 4 is 0 Å². The maximum atomic E-state index is 6.45. The first-order valence-electron chi connectivity index (χ1n) is 11.6. The molecule has 4 heteroatoms. The zero-order chi connectivity index (χ0) is 20.5. The van der Waals surface area contributed by atoms with Gasteiger partial charge in [0.05, 0.1) is 7.11 Å². The number of fused-ring (bicyclic) bond motifs is 1. The number of methoxy groups -OCH3 is 1. The summed E-state index contributed by atoms with van der Waals surface area (Å²) in [6, 6.07) is 16.2. The van der Waals surface area contributed by atoms with Gasteiger partial charge in [-0.05, 0) is 73.7 Å². The molecule has 0 bridgehead atoms. The first-order chi connectivity index (χ1) is 14.7. The molecule has 1 aliphatic carbocycles. The lowest BCUT2D eigenvalue weighted by atomic mass is 9.84.